The van der Waals surface area contributed by atoms with E-state index in [1.165, 1.54) is 25.2 Å². The molecule has 0 radical (unpaired) electrons. The molecule has 2 aromatic rings. The molecular weight excluding hydrogens is 409 g/mol. The van der Waals surface area contributed by atoms with Crippen LogP contribution in [0.5, 0.6) is 0 Å². The van der Waals surface area contributed by atoms with Gasteiger partial charge in [0.15, 0.2) is 0 Å². The lowest BCUT2D eigenvalue weighted by Gasteiger charge is -2.21. The van der Waals surface area contributed by atoms with E-state index in [0.717, 1.165) is 30.0 Å². The molecule has 0 saturated heterocycles. The summed E-state index contributed by atoms with van der Waals surface area (Å²) in [5, 5.41) is 0.535. The fourth-order valence-electron chi connectivity index (χ4n) is 2.99. The van der Waals surface area contributed by atoms with Crippen molar-refractivity contribution < 1.29 is 17.9 Å². The largest absolute Gasteiger partial charge is 0.459 e. The monoisotopic (exact) mass is 427 g/mol. The van der Waals surface area contributed by atoms with Crippen LogP contribution in [0.1, 0.15) is 36.0 Å². The van der Waals surface area contributed by atoms with Crippen LogP contribution in [0, 0.1) is 0 Å². The van der Waals surface area contributed by atoms with Gasteiger partial charge in [0.05, 0.1) is 16.3 Å². The molecule has 0 atom stereocenters. The molecule has 3 rings (SSSR count). The number of rotatable bonds is 5. The van der Waals surface area contributed by atoms with Crippen molar-refractivity contribution >= 4 is 44.9 Å². The molecule has 0 heterocycles. The molecule has 8 heteroatoms. The van der Waals surface area contributed by atoms with Crippen molar-refractivity contribution in [1.82, 2.24) is 0 Å². The van der Waals surface area contributed by atoms with Gasteiger partial charge in [-0.05, 0) is 68.1 Å². The van der Waals surface area contributed by atoms with Gasteiger partial charge in [-0.15, -0.1) is 0 Å². The number of esters is 1. The Kier molecular flexibility index (Phi) is 5.99. The van der Waals surface area contributed by atoms with E-state index in [1.54, 1.807) is 24.3 Å². The predicted molar refractivity (Wildman–Crippen MR) is 106 cm³/mol. The first kappa shape index (κ1) is 20.0. The number of ether oxygens (including phenoxy) is 1. The van der Waals surface area contributed by atoms with Crippen molar-refractivity contribution in [3.63, 3.8) is 0 Å². The number of hydrogen-bond acceptors (Lipinski definition) is 4. The molecule has 1 saturated carbocycles. The third kappa shape index (κ3) is 4.39. The highest BCUT2D eigenvalue weighted by Gasteiger charge is 2.27. The van der Waals surface area contributed by atoms with Crippen LogP contribution in [0.4, 0.5) is 5.69 Å². The first-order valence-corrected chi connectivity index (χ1v) is 10.7. The molecule has 0 aliphatic heterocycles. The maximum atomic E-state index is 13.0. The minimum absolute atomic E-state index is 0.0354. The molecule has 27 heavy (non-hydrogen) atoms. The smallest absolute Gasteiger partial charge is 0.338 e. The highest BCUT2D eigenvalue weighted by molar-refractivity contribution is 7.93. The summed E-state index contributed by atoms with van der Waals surface area (Å²) in [6.07, 6.45) is 3.63. The molecule has 0 aromatic heterocycles. The molecule has 1 aliphatic carbocycles. The Hall–Kier alpha value is -1.76. The van der Waals surface area contributed by atoms with Crippen LogP contribution in [0.15, 0.2) is 47.4 Å². The molecule has 0 spiro atoms. The van der Waals surface area contributed by atoms with Gasteiger partial charge < -0.3 is 4.74 Å². The van der Waals surface area contributed by atoms with E-state index in [-0.39, 0.29) is 21.6 Å². The van der Waals surface area contributed by atoms with Crippen LogP contribution in [0.3, 0.4) is 0 Å². The van der Waals surface area contributed by atoms with Gasteiger partial charge >= 0.3 is 5.97 Å². The van der Waals surface area contributed by atoms with E-state index in [0.29, 0.717) is 10.7 Å². The molecule has 0 bridgehead atoms. The molecule has 5 nitrogen and oxygen atoms in total. The van der Waals surface area contributed by atoms with Gasteiger partial charge in [0.25, 0.3) is 10.0 Å². The Morgan fingerprint density at radius 3 is 2.33 bits per heavy atom. The van der Waals surface area contributed by atoms with Crippen LogP contribution in [0.2, 0.25) is 10.0 Å². The van der Waals surface area contributed by atoms with Gasteiger partial charge in [-0.25, -0.2) is 13.2 Å². The second-order valence-corrected chi connectivity index (χ2v) is 9.19. The number of carbonyl (C=O) groups excluding carboxylic acids is 1. The minimum atomic E-state index is -3.97. The molecule has 0 amide bonds. The lowest BCUT2D eigenvalue weighted by molar-refractivity contribution is 0.0317. The molecule has 2 aromatic carbocycles. The van der Waals surface area contributed by atoms with Crippen molar-refractivity contribution in [2.24, 2.45) is 0 Å². The summed E-state index contributed by atoms with van der Waals surface area (Å²) < 4.78 is 32.6. The van der Waals surface area contributed by atoms with Crippen molar-refractivity contribution in [3.8, 4) is 0 Å². The Labute approximate surface area is 168 Å². The van der Waals surface area contributed by atoms with Crippen LogP contribution < -0.4 is 4.31 Å². The number of carbonyl (C=O) groups is 1. The van der Waals surface area contributed by atoms with Crippen molar-refractivity contribution in [2.75, 3.05) is 11.4 Å². The maximum absolute atomic E-state index is 13.0. The summed E-state index contributed by atoms with van der Waals surface area (Å²) in [6, 6.07) is 10.5. The third-order valence-corrected chi connectivity index (χ3v) is 7.09. The first-order valence-electron chi connectivity index (χ1n) is 8.54. The zero-order valence-corrected chi connectivity index (χ0v) is 17.0. The number of anilines is 1. The van der Waals surface area contributed by atoms with E-state index >= 15 is 0 Å². The number of halogens is 2. The van der Waals surface area contributed by atoms with Crippen molar-refractivity contribution in [3.05, 3.63) is 58.1 Å². The summed E-state index contributed by atoms with van der Waals surface area (Å²) in [4.78, 5) is 12.2. The van der Waals surface area contributed by atoms with Crippen LogP contribution in [-0.2, 0) is 14.8 Å². The minimum Gasteiger partial charge on any atom is -0.459 e. The zero-order chi connectivity index (χ0) is 19.6. The molecule has 0 N–H and O–H groups in total. The molecular formula is C19H19Cl2NO4S. The summed E-state index contributed by atoms with van der Waals surface area (Å²) >= 11 is 12.0. The van der Waals surface area contributed by atoms with Gasteiger partial charge in [0.1, 0.15) is 11.0 Å². The Morgan fingerprint density at radius 2 is 1.70 bits per heavy atom. The fourth-order valence-corrected chi connectivity index (χ4v) is 4.81. The van der Waals surface area contributed by atoms with E-state index in [2.05, 4.69) is 0 Å². The summed E-state index contributed by atoms with van der Waals surface area (Å²) in [7, 11) is -2.55. The van der Waals surface area contributed by atoms with E-state index in [4.69, 9.17) is 27.9 Å². The van der Waals surface area contributed by atoms with Crippen molar-refractivity contribution in [2.45, 2.75) is 36.7 Å². The zero-order valence-electron chi connectivity index (χ0n) is 14.7. The van der Waals surface area contributed by atoms with Crippen molar-refractivity contribution in [1.29, 1.82) is 0 Å². The molecule has 0 unspecified atom stereocenters. The second kappa shape index (κ2) is 8.09. The first-order chi connectivity index (χ1) is 12.8. The molecule has 144 valence electrons. The number of nitrogens with zero attached hydrogens (tertiary/aromatic N) is 1. The summed E-state index contributed by atoms with van der Waals surface area (Å²) in [6.45, 7) is 0. The van der Waals surface area contributed by atoms with E-state index in [1.807, 2.05) is 0 Å². The maximum Gasteiger partial charge on any atom is 0.338 e. The Bertz CT molecular complexity index is 939. The average molecular weight is 428 g/mol. The van der Waals surface area contributed by atoms with Gasteiger partial charge in [-0.2, -0.15) is 0 Å². The number of sulfonamides is 1. The van der Waals surface area contributed by atoms with Gasteiger partial charge in [-0.3, -0.25) is 4.31 Å². The highest BCUT2D eigenvalue weighted by Crippen LogP contribution is 2.30. The normalized spacial score (nSPS) is 14.9. The Morgan fingerprint density at radius 1 is 1.07 bits per heavy atom. The SMILES string of the molecule is CN(c1ccc(Cl)cc1)S(=O)(=O)c1cc(C(=O)OC2CCCC2)ccc1Cl. The van der Waals surface area contributed by atoms with Crippen LogP contribution in [-0.4, -0.2) is 27.5 Å². The van der Waals surface area contributed by atoms with Gasteiger partial charge in [-0.1, -0.05) is 23.2 Å². The predicted octanol–water partition coefficient (Wildman–Crippen LogP) is 4.92. The van der Waals surface area contributed by atoms with Crippen LogP contribution in [0.25, 0.3) is 0 Å². The number of benzene rings is 2. The fraction of sp³-hybridized carbons (Fsp3) is 0.316. The average Bonchev–Trinajstić information content (AvgIpc) is 3.15. The molecule has 1 fully saturated rings. The Balaban J connectivity index is 1.90. The third-order valence-electron chi connectivity index (χ3n) is 4.57. The van der Waals surface area contributed by atoms with Gasteiger partial charge in [0.2, 0.25) is 0 Å². The van der Waals surface area contributed by atoms with Crippen LogP contribution >= 0.6 is 23.2 Å². The summed E-state index contributed by atoms with van der Waals surface area (Å²) in [5.74, 6) is -0.538. The lowest BCUT2D eigenvalue weighted by atomic mass is 10.2. The van der Waals surface area contributed by atoms with E-state index < -0.39 is 16.0 Å². The summed E-state index contributed by atoms with van der Waals surface area (Å²) in [5.41, 5.74) is 0.587. The van der Waals surface area contributed by atoms with Gasteiger partial charge in [0, 0.05) is 12.1 Å². The lowest BCUT2D eigenvalue weighted by Crippen LogP contribution is -2.27. The standard InChI is InChI=1S/C19H19Cl2NO4S/c1-22(15-9-7-14(20)8-10-15)27(24,25)18-12-13(6-11-17(18)21)19(23)26-16-4-2-3-5-16/h6-12,16H,2-5H2,1H3. The molecule has 1 aliphatic rings. The second-order valence-electron chi connectivity index (χ2n) is 6.41. The topological polar surface area (TPSA) is 63.7 Å². The number of hydrogen-bond donors (Lipinski definition) is 0. The van der Waals surface area contributed by atoms with E-state index in [9.17, 15) is 13.2 Å². The highest BCUT2D eigenvalue weighted by atomic mass is 35.5. The quantitative estimate of drug-likeness (QED) is 0.635.